The summed E-state index contributed by atoms with van der Waals surface area (Å²) in [7, 11) is 0. The van der Waals surface area contributed by atoms with Crippen LogP contribution < -0.4 is 0 Å². The molecule has 0 saturated carbocycles. The Kier molecular flexibility index (Phi) is 5.76. The van der Waals surface area contributed by atoms with Gasteiger partial charge in [-0.15, -0.1) is 22.9 Å². The van der Waals surface area contributed by atoms with E-state index in [-0.39, 0.29) is 5.91 Å². The third-order valence-corrected chi connectivity index (χ3v) is 5.35. The number of hydrogen-bond acceptors (Lipinski definition) is 4. The van der Waals surface area contributed by atoms with Crippen molar-refractivity contribution < 1.29 is 4.79 Å². The highest BCUT2D eigenvalue weighted by Crippen LogP contribution is 2.24. The molecular weight excluding hydrogens is 365 g/mol. The zero-order valence-corrected chi connectivity index (χ0v) is 15.7. The summed E-state index contributed by atoms with van der Waals surface area (Å²) in [5.74, 6) is 0.0237. The zero-order valence-electron chi connectivity index (χ0n) is 13.4. The number of piperazine rings is 1. The molecule has 3 rings (SSSR count). The number of nitrogens with zero attached hydrogens (tertiary/aromatic N) is 3. The van der Waals surface area contributed by atoms with Gasteiger partial charge >= 0.3 is 0 Å². The molecule has 24 heavy (non-hydrogen) atoms. The molecule has 128 valence electrons. The van der Waals surface area contributed by atoms with Crippen molar-refractivity contribution in [3.63, 3.8) is 0 Å². The molecule has 0 N–H and O–H groups in total. The number of amides is 1. The topological polar surface area (TPSA) is 36.4 Å². The number of alkyl halides is 1. The molecule has 2 heterocycles. The molecule has 0 spiro atoms. The molecule has 1 saturated heterocycles. The molecule has 1 fully saturated rings. The Labute approximate surface area is 156 Å². The van der Waals surface area contributed by atoms with E-state index in [1.165, 1.54) is 0 Å². The molecule has 1 aromatic carbocycles. The fraction of sp³-hybridized carbons (Fsp3) is 0.412. The van der Waals surface area contributed by atoms with Crippen LogP contribution in [0.3, 0.4) is 0 Å². The maximum Gasteiger partial charge on any atom is 0.240 e. The average Bonchev–Trinajstić information content (AvgIpc) is 3.04. The number of hydrogen-bond donors (Lipinski definition) is 0. The van der Waals surface area contributed by atoms with Gasteiger partial charge in [0.05, 0.1) is 12.2 Å². The van der Waals surface area contributed by atoms with Gasteiger partial charge in [0.1, 0.15) is 10.4 Å². The Morgan fingerprint density at radius 2 is 1.92 bits per heavy atom. The summed E-state index contributed by atoms with van der Waals surface area (Å²) in [6.07, 6.45) is 0. The number of rotatable bonds is 4. The van der Waals surface area contributed by atoms with Gasteiger partial charge in [-0.25, -0.2) is 4.98 Å². The zero-order chi connectivity index (χ0) is 17.1. The van der Waals surface area contributed by atoms with Crippen LogP contribution in [0.4, 0.5) is 0 Å². The molecule has 0 radical (unpaired) electrons. The molecule has 7 heteroatoms. The predicted octanol–water partition coefficient (Wildman–Crippen LogP) is 3.74. The number of thiazole rings is 1. The molecule has 1 aliphatic heterocycles. The van der Waals surface area contributed by atoms with Gasteiger partial charge < -0.3 is 4.90 Å². The summed E-state index contributed by atoms with van der Waals surface area (Å²) < 4.78 is 0. The molecule has 2 aromatic rings. The van der Waals surface area contributed by atoms with Gasteiger partial charge in [-0.1, -0.05) is 23.7 Å². The van der Waals surface area contributed by atoms with Gasteiger partial charge in [0, 0.05) is 42.1 Å². The van der Waals surface area contributed by atoms with Gasteiger partial charge in [0.25, 0.3) is 0 Å². The summed E-state index contributed by atoms with van der Waals surface area (Å²) >= 11 is 13.5. The quantitative estimate of drug-likeness (QED) is 0.754. The molecule has 1 aromatic heterocycles. The van der Waals surface area contributed by atoms with E-state index in [1.807, 2.05) is 29.2 Å². The Morgan fingerprint density at radius 3 is 2.54 bits per heavy atom. The van der Waals surface area contributed by atoms with Gasteiger partial charge in [0.15, 0.2) is 0 Å². The molecule has 1 aliphatic rings. The van der Waals surface area contributed by atoms with Crippen LogP contribution in [0.15, 0.2) is 29.6 Å². The van der Waals surface area contributed by atoms with Crippen molar-refractivity contribution in [2.75, 3.05) is 26.2 Å². The highest BCUT2D eigenvalue weighted by Gasteiger charge is 2.24. The lowest BCUT2D eigenvalue weighted by molar-refractivity contribution is -0.132. The monoisotopic (exact) mass is 383 g/mol. The second-order valence-corrected chi connectivity index (χ2v) is 7.88. The normalized spacial score (nSPS) is 17.0. The SMILES string of the molecule is CC(Cl)C(=O)N1CCN(Cc2nc(-c3ccc(Cl)cc3)cs2)CC1. The minimum absolute atomic E-state index is 0.0237. The van der Waals surface area contributed by atoms with Crippen molar-refractivity contribution in [3.05, 3.63) is 39.7 Å². The second-order valence-electron chi connectivity index (χ2n) is 5.85. The largest absolute Gasteiger partial charge is 0.339 e. The Hall–Kier alpha value is -1.14. The van der Waals surface area contributed by atoms with E-state index in [0.717, 1.165) is 54.0 Å². The first kappa shape index (κ1) is 17.7. The van der Waals surface area contributed by atoms with Crippen molar-refractivity contribution in [2.45, 2.75) is 18.8 Å². The Morgan fingerprint density at radius 1 is 1.25 bits per heavy atom. The number of halogens is 2. The molecule has 4 nitrogen and oxygen atoms in total. The highest BCUT2D eigenvalue weighted by atomic mass is 35.5. The summed E-state index contributed by atoms with van der Waals surface area (Å²) in [4.78, 5) is 20.8. The lowest BCUT2D eigenvalue weighted by atomic mass is 10.2. The number of carbonyl (C=O) groups is 1. The number of benzene rings is 1. The minimum Gasteiger partial charge on any atom is -0.339 e. The van der Waals surface area contributed by atoms with E-state index in [4.69, 9.17) is 28.2 Å². The van der Waals surface area contributed by atoms with E-state index in [2.05, 4.69) is 10.3 Å². The van der Waals surface area contributed by atoms with Crippen LogP contribution in [0.5, 0.6) is 0 Å². The van der Waals surface area contributed by atoms with Crippen LogP contribution in [0.2, 0.25) is 5.02 Å². The van der Waals surface area contributed by atoms with Crippen LogP contribution in [0, 0.1) is 0 Å². The Balaban J connectivity index is 1.56. The minimum atomic E-state index is -0.447. The fourth-order valence-corrected chi connectivity index (χ4v) is 3.81. The molecule has 0 bridgehead atoms. The summed E-state index contributed by atoms with van der Waals surface area (Å²) in [5, 5.41) is 3.45. The van der Waals surface area contributed by atoms with Crippen LogP contribution in [-0.2, 0) is 11.3 Å². The maximum atomic E-state index is 11.9. The van der Waals surface area contributed by atoms with E-state index in [1.54, 1.807) is 18.3 Å². The number of carbonyl (C=O) groups excluding carboxylic acids is 1. The summed E-state index contributed by atoms with van der Waals surface area (Å²) in [5.41, 5.74) is 2.06. The lowest BCUT2D eigenvalue weighted by Gasteiger charge is -2.34. The third kappa shape index (κ3) is 4.28. The van der Waals surface area contributed by atoms with Crippen molar-refractivity contribution in [2.24, 2.45) is 0 Å². The molecule has 0 aliphatic carbocycles. The highest BCUT2D eigenvalue weighted by molar-refractivity contribution is 7.09. The first-order valence-electron chi connectivity index (χ1n) is 7.88. The van der Waals surface area contributed by atoms with Crippen molar-refractivity contribution >= 4 is 40.4 Å². The third-order valence-electron chi connectivity index (χ3n) is 4.07. The van der Waals surface area contributed by atoms with E-state index < -0.39 is 5.38 Å². The smallest absolute Gasteiger partial charge is 0.240 e. The van der Waals surface area contributed by atoms with Crippen LogP contribution in [0.25, 0.3) is 11.3 Å². The summed E-state index contributed by atoms with van der Waals surface area (Å²) in [6, 6.07) is 7.73. The van der Waals surface area contributed by atoms with Crippen LogP contribution >= 0.6 is 34.5 Å². The standard InChI is InChI=1S/C17H19Cl2N3OS/c1-12(18)17(23)22-8-6-21(7-9-22)10-16-20-15(11-24-16)13-2-4-14(19)5-3-13/h2-5,11-12H,6-10H2,1H3. The van der Waals surface area contributed by atoms with Crippen molar-refractivity contribution in [1.82, 2.24) is 14.8 Å². The maximum absolute atomic E-state index is 11.9. The van der Waals surface area contributed by atoms with Crippen molar-refractivity contribution in [3.8, 4) is 11.3 Å². The van der Waals surface area contributed by atoms with Gasteiger partial charge in [-0.05, 0) is 19.1 Å². The number of aromatic nitrogens is 1. The first-order valence-corrected chi connectivity index (χ1v) is 9.58. The molecular formula is C17H19Cl2N3OS. The predicted molar refractivity (Wildman–Crippen MR) is 99.7 cm³/mol. The van der Waals surface area contributed by atoms with Gasteiger partial charge in [-0.2, -0.15) is 0 Å². The van der Waals surface area contributed by atoms with Crippen LogP contribution in [-0.4, -0.2) is 52.2 Å². The fourth-order valence-electron chi connectivity index (χ4n) is 2.71. The molecule has 1 unspecified atom stereocenters. The van der Waals surface area contributed by atoms with E-state index >= 15 is 0 Å². The van der Waals surface area contributed by atoms with E-state index in [9.17, 15) is 4.79 Å². The average molecular weight is 384 g/mol. The van der Waals surface area contributed by atoms with Gasteiger partial charge in [0.2, 0.25) is 5.91 Å². The second kappa shape index (κ2) is 7.83. The van der Waals surface area contributed by atoms with E-state index in [0.29, 0.717) is 0 Å². The Bertz CT molecular complexity index is 694. The summed E-state index contributed by atoms with van der Waals surface area (Å²) in [6.45, 7) is 5.70. The molecule has 1 amide bonds. The van der Waals surface area contributed by atoms with Gasteiger partial charge in [-0.3, -0.25) is 9.69 Å². The molecule has 1 atom stereocenters. The van der Waals surface area contributed by atoms with Crippen molar-refractivity contribution in [1.29, 1.82) is 0 Å². The van der Waals surface area contributed by atoms with Crippen LogP contribution in [0.1, 0.15) is 11.9 Å². The lowest BCUT2D eigenvalue weighted by Crippen LogP contribution is -2.49. The first-order chi connectivity index (χ1) is 11.5.